The number of imide groups is 2. The average molecular weight is 599 g/mol. The summed E-state index contributed by atoms with van der Waals surface area (Å²) in [4.78, 5) is 69.0. The third kappa shape index (κ3) is 5.46. The van der Waals surface area contributed by atoms with Gasteiger partial charge in [0.15, 0.2) is 0 Å². The quantitative estimate of drug-likeness (QED) is 0.328. The molecule has 3 aromatic rings. The summed E-state index contributed by atoms with van der Waals surface area (Å²) >= 11 is 0. The summed E-state index contributed by atoms with van der Waals surface area (Å²) in [6.07, 6.45) is -2.41. The van der Waals surface area contributed by atoms with Crippen LogP contribution in [0.2, 0.25) is 0 Å². The first-order chi connectivity index (χ1) is 21.2. The van der Waals surface area contributed by atoms with Crippen LogP contribution in [0.1, 0.15) is 41.4 Å². The Morgan fingerprint density at radius 2 is 1.09 bits per heavy atom. The maximum absolute atomic E-state index is 12.9. The number of ether oxygens (including phenoxy) is 1. The van der Waals surface area contributed by atoms with Gasteiger partial charge < -0.3 is 24.7 Å². The number of aliphatic hydroxyl groups excluding tert-OH is 2. The average Bonchev–Trinajstić information content (AvgIpc) is 3.41. The van der Waals surface area contributed by atoms with Crippen molar-refractivity contribution in [2.45, 2.75) is 12.2 Å². The maximum atomic E-state index is 12.9. The van der Waals surface area contributed by atoms with E-state index in [9.17, 15) is 34.2 Å². The zero-order valence-corrected chi connectivity index (χ0v) is 23.7. The molecular formula is C32H30N4O8. The van der Waals surface area contributed by atoms with Crippen molar-refractivity contribution in [3.8, 4) is 0 Å². The van der Waals surface area contributed by atoms with Gasteiger partial charge in [-0.2, -0.15) is 0 Å². The lowest BCUT2D eigenvalue weighted by molar-refractivity contribution is -0.125. The normalized spacial score (nSPS) is 17.7. The van der Waals surface area contributed by atoms with Gasteiger partial charge in [0.2, 0.25) is 0 Å². The minimum atomic E-state index is -1.20. The number of hydrogen-bond donors (Lipinski definition) is 2. The standard InChI is InChI=1S/C32H30N4O8/c37-22(17-35-29(40)24-5-1-2-6-25(24)30(35)41)15-33(20-9-11-21(12-10-20)34-13-14-44-19-28(34)39)16-23(38)18-36-31(42)26-7-3-4-8-27(26)32(36)43/h1-12,22-23,37-38H,13-19H2/t22-,23?/m1/s1. The van der Waals surface area contributed by atoms with Gasteiger partial charge in [0.1, 0.15) is 6.61 Å². The van der Waals surface area contributed by atoms with E-state index in [1.165, 1.54) is 0 Å². The Kier molecular flexibility index (Phi) is 7.95. The molecule has 226 valence electrons. The summed E-state index contributed by atoms with van der Waals surface area (Å²) in [6.45, 7) is 0.0512. The highest BCUT2D eigenvalue weighted by Gasteiger charge is 2.38. The molecule has 3 aliphatic rings. The van der Waals surface area contributed by atoms with E-state index in [1.54, 1.807) is 82.6 Å². The molecule has 0 spiro atoms. The maximum Gasteiger partial charge on any atom is 0.261 e. The second-order valence-electron chi connectivity index (χ2n) is 10.9. The predicted molar refractivity (Wildman–Crippen MR) is 157 cm³/mol. The summed E-state index contributed by atoms with van der Waals surface area (Å²) < 4.78 is 5.20. The van der Waals surface area contributed by atoms with Crippen molar-refractivity contribution >= 4 is 40.9 Å². The first-order valence-corrected chi connectivity index (χ1v) is 14.2. The van der Waals surface area contributed by atoms with E-state index < -0.39 is 35.8 Å². The Bertz CT molecular complexity index is 1490. The van der Waals surface area contributed by atoms with Crippen molar-refractivity contribution in [1.29, 1.82) is 0 Å². The van der Waals surface area contributed by atoms with Crippen LogP contribution in [0.3, 0.4) is 0 Å². The molecule has 1 fully saturated rings. The van der Waals surface area contributed by atoms with Gasteiger partial charge in [0.05, 0.1) is 54.2 Å². The number of nitrogens with zero attached hydrogens (tertiary/aromatic N) is 4. The van der Waals surface area contributed by atoms with Crippen molar-refractivity contribution in [3.05, 3.63) is 95.1 Å². The molecule has 1 unspecified atom stereocenters. The fourth-order valence-electron chi connectivity index (χ4n) is 5.78. The number of carbonyl (C=O) groups is 5. The minimum absolute atomic E-state index is 0.0120. The topological polar surface area (TPSA) is 148 Å². The number of fused-ring (bicyclic) bond motifs is 2. The highest BCUT2D eigenvalue weighted by molar-refractivity contribution is 6.22. The van der Waals surface area contributed by atoms with Crippen LogP contribution in [0.15, 0.2) is 72.8 Å². The van der Waals surface area contributed by atoms with Crippen LogP contribution in [0.25, 0.3) is 0 Å². The fraction of sp³-hybridized carbons (Fsp3) is 0.281. The Balaban J connectivity index is 1.19. The van der Waals surface area contributed by atoms with E-state index in [0.717, 1.165) is 9.80 Å². The summed E-state index contributed by atoms with van der Waals surface area (Å²) in [6, 6.07) is 19.8. The Hall–Kier alpha value is -4.91. The Labute approximate surface area is 252 Å². The highest BCUT2D eigenvalue weighted by atomic mass is 16.5. The molecule has 2 N–H and O–H groups in total. The molecular weight excluding hydrogens is 568 g/mol. The molecule has 3 heterocycles. The summed E-state index contributed by atoms with van der Waals surface area (Å²) in [5.74, 6) is -2.17. The SMILES string of the molecule is O=C1c2ccccc2C(=O)N1CC(O)CN(C[C@@H](O)CN1C(=O)c2ccccc2C1=O)c1ccc(N2CCOCC2=O)cc1. The molecule has 12 heteroatoms. The van der Waals surface area contributed by atoms with Gasteiger partial charge in [-0.3, -0.25) is 33.8 Å². The van der Waals surface area contributed by atoms with Gasteiger partial charge in [0, 0.05) is 31.0 Å². The number of aliphatic hydroxyl groups is 2. The van der Waals surface area contributed by atoms with E-state index in [0.29, 0.717) is 24.5 Å². The zero-order chi connectivity index (χ0) is 31.0. The van der Waals surface area contributed by atoms with Crippen LogP contribution >= 0.6 is 0 Å². The largest absolute Gasteiger partial charge is 0.389 e. The molecule has 44 heavy (non-hydrogen) atoms. The first-order valence-electron chi connectivity index (χ1n) is 14.2. The molecule has 2 atom stereocenters. The number of hydrogen-bond acceptors (Lipinski definition) is 9. The second kappa shape index (κ2) is 12.0. The monoisotopic (exact) mass is 598 g/mol. The predicted octanol–water partition coefficient (Wildman–Crippen LogP) is 1.17. The number of anilines is 2. The van der Waals surface area contributed by atoms with Gasteiger partial charge in [-0.1, -0.05) is 24.3 Å². The molecule has 0 aliphatic carbocycles. The number of morpholine rings is 1. The Morgan fingerprint density at radius 1 is 0.659 bits per heavy atom. The van der Waals surface area contributed by atoms with E-state index in [1.807, 2.05) is 0 Å². The highest BCUT2D eigenvalue weighted by Crippen LogP contribution is 2.26. The van der Waals surface area contributed by atoms with Crippen molar-refractivity contribution in [2.24, 2.45) is 0 Å². The number of amides is 5. The van der Waals surface area contributed by atoms with Crippen LogP contribution in [-0.2, 0) is 9.53 Å². The van der Waals surface area contributed by atoms with Gasteiger partial charge in [-0.15, -0.1) is 0 Å². The van der Waals surface area contributed by atoms with Crippen molar-refractivity contribution < 1.29 is 38.9 Å². The lowest BCUT2D eigenvalue weighted by Crippen LogP contribution is -2.47. The number of carbonyl (C=O) groups excluding carboxylic acids is 5. The van der Waals surface area contributed by atoms with Gasteiger partial charge in [-0.25, -0.2) is 0 Å². The third-order valence-electron chi connectivity index (χ3n) is 7.92. The first kappa shape index (κ1) is 29.2. The number of rotatable bonds is 10. The van der Waals surface area contributed by atoms with Crippen molar-refractivity contribution in [2.75, 3.05) is 55.7 Å². The minimum Gasteiger partial charge on any atom is -0.389 e. The van der Waals surface area contributed by atoms with E-state index in [-0.39, 0.29) is 60.9 Å². The Morgan fingerprint density at radius 3 is 1.50 bits per heavy atom. The molecule has 5 amide bonds. The summed E-state index contributed by atoms with van der Waals surface area (Å²) in [5, 5.41) is 22.2. The molecule has 0 aromatic heterocycles. The summed E-state index contributed by atoms with van der Waals surface area (Å²) in [7, 11) is 0. The molecule has 12 nitrogen and oxygen atoms in total. The molecule has 3 aliphatic heterocycles. The fourth-order valence-corrected chi connectivity index (χ4v) is 5.78. The lowest BCUT2D eigenvalue weighted by atomic mass is 10.1. The van der Waals surface area contributed by atoms with Gasteiger partial charge in [0.25, 0.3) is 29.5 Å². The molecule has 0 radical (unpaired) electrons. The van der Waals surface area contributed by atoms with Crippen LogP contribution in [0, 0.1) is 0 Å². The van der Waals surface area contributed by atoms with Gasteiger partial charge in [-0.05, 0) is 48.5 Å². The van der Waals surface area contributed by atoms with E-state index >= 15 is 0 Å². The molecule has 0 saturated carbocycles. The summed E-state index contributed by atoms with van der Waals surface area (Å²) in [5.41, 5.74) is 2.30. The van der Waals surface area contributed by atoms with Crippen molar-refractivity contribution in [3.63, 3.8) is 0 Å². The number of benzene rings is 3. The van der Waals surface area contributed by atoms with Gasteiger partial charge >= 0.3 is 0 Å². The van der Waals surface area contributed by atoms with Crippen LogP contribution < -0.4 is 9.80 Å². The smallest absolute Gasteiger partial charge is 0.261 e. The van der Waals surface area contributed by atoms with Crippen LogP contribution in [0.5, 0.6) is 0 Å². The molecule has 1 saturated heterocycles. The molecule has 6 rings (SSSR count). The molecule has 3 aromatic carbocycles. The number of β-amino-alcohol motifs (C(OH)–C–C–N with tert-alkyl or cyclic N) is 2. The van der Waals surface area contributed by atoms with Crippen molar-refractivity contribution in [1.82, 2.24) is 9.80 Å². The van der Waals surface area contributed by atoms with E-state index in [4.69, 9.17) is 4.74 Å². The van der Waals surface area contributed by atoms with Crippen LogP contribution in [0.4, 0.5) is 11.4 Å². The lowest BCUT2D eigenvalue weighted by Gasteiger charge is -2.32. The zero-order valence-electron chi connectivity index (χ0n) is 23.7. The third-order valence-corrected chi connectivity index (χ3v) is 7.92. The van der Waals surface area contributed by atoms with E-state index in [2.05, 4.69) is 0 Å². The van der Waals surface area contributed by atoms with Crippen LogP contribution in [-0.4, -0.2) is 108 Å². The second-order valence-corrected chi connectivity index (χ2v) is 10.9. The molecule has 0 bridgehead atoms.